The minimum atomic E-state index is -0.731. The number of aliphatic hydroxyl groups is 1. The molecule has 2 aliphatic rings. The van der Waals surface area contributed by atoms with Crippen LogP contribution in [0.1, 0.15) is 36.5 Å². The highest BCUT2D eigenvalue weighted by atomic mass is 16.5. The zero-order valence-electron chi connectivity index (χ0n) is 14.8. The van der Waals surface area contributed by atoms with E-state index in [9.17, 15) is 9.90 Å². The van der Waals surface area contributed by atoms with Crippen LogP contribution in [0.4, 0.5) is 0 Å². The van der Waals surface area contributed by atoms with Crippen molar-refractivity contribution in [2.75, 3.05) is 0 Å². The summed E-state index contributed by atoms with van der Waals surface area (Å²) in [6.45, 7) is 5.88. The van der Waals surface area contributed by atoms with E-state index in [4.69, 9.17) is 4.74 Å². The standard InChI is InChI=1S/C22H22O3/c1-13-11-16(15-7-5-4-6-8-15)12-14(2)18(13)19-20(23)17-9-10-22(3,25-17)21(19)24/h4-8,11-12,17,24H,9-10H2,1-3H3/t17-,22-/m1/s1. The molecule has 0 aromatic heterocycles. The van der Waals surface area contributed by atoms with Crippen LogP contribution in [0.25, 0.3) is 16.7 Å². The van der Waals surface area contributed by atoms with Crippen LogP contribution in [0.5, 0.6) is 0 Å². The molecule has 3 heteroatoms. The molecule has 0 radical (unpaired) electrons. The van der Waals surface area contributed by atoms with Gasteiger partial charge in [0.25, 0.3) is 0 Å². The van der Waals surface area contributed by atoms with Crippen molar-refractivity contribution in [3.63, 3.8) is 0 Å². The number of hydrogen-bond acceptors (Lipinski definition) is 3. The van der Waals surface area contributed by atoms with Crippen LogP contribution < -0.4 is 0 Å². The quantitative estimate of drug-likeness (QED) is 0.861. The van der Waals surface area contributed by atoms with E-state index in [1.54, 1.807) is 0 Å². The van der Waals surface area contributed by atoms with Crippen LogP contribution in [0, 0.1) is 13.8 Å². The predicted octanol–water partition coefficient (Wildman–Crippen LogP) is 4.76. The molecule has 0 aliphatic carbocycles. The first kappa shape index (κ1) is 16.1. The van der Waals surface area contributed by atoms with Crippen LogP contribution in [0.2, 0.25) is 0 Å². The Kier molecular flexibility index (Phi) is 3.58. The molecule has 1 saturated heterocycles. The smallest absolute Gasteiger partial charge is 0.195 e. The number of ketones is 1. The van der Waals surface area contributed by atoms with Gasteiger partial charge in [0, 0.05) is 0 Å². The predicted molar refractivity (Wildman–Crippen MR) is 98.4 cm³/mol. The minimum absolute atomic E-state index is 0.0879. The first-order chi connectivity index (χ1) is 11.9. The Hall–Kier alpha value is -2.39. The number of hydrogen-bond donors (Lipinski definition) is 1. The Balaban J connectivity index is 1.88. The van der Waals surface area contributed by atoms with Gasteiger partial charge in [-0.3, -0.25) is 4.79 Å². The molecular weight excluding hydrogens is 312 g/mol. The Labute approximate surface area is 148 Å². The molecule has 0 spiro atoms. The molecule has 2 aliphatic heterocycles. The summed E-state index contributed by atoms with van der Waals surface area (Å²) in [5.41, 5.74) is 4.83. The Bertz CT molecular complexity index is 872. The first-order valence-electron chi connectivity index (χ1n) is 8.73. The van der Waals surface area contributed by atoms with Crippen molar-refractivity contribution in [2.24, 2.45) is 0 Å². The van der Waals surface area contributed by atoms with E-state index < -0.39 is 11.7 Å². The average molecular weight is 334 g/mol. The molecule has 3 nitrogen and oxygen atoms in total. The SMILES string of the molecule is Cc1cc(-c2ccccc2)cc(C)c1C1=C(O)[C@@]2(C)CC[C@@H](O2)C1=O. The monoisotopic (exact) mass is 334 g/mol. The summed E-state index contributed by atoms with van der Waals surface area (Å²) in [5, 5.41) is 10.8. The van der Waals surface area contributed by atoms with E-state index in [0.717, 1.165) is 27.8 Å². The number of fused-ring (bicyclic) bond motifs is 2. The van der Waals surface area contributed by atoms with Gasteiger partial charge in [0.1, 0.15) is 17.5 Å². The highest BCUT2D eigenvalue weighted by Gasteiger charge is 2.50. The minimum Gasteiger partial charge on any atom is -0.508 e. The first-order valence-corrected chi connectivity index (χ1v) is 8.73. The second kappa shape index (κ2) is 5.57. The second-order valence-corrected chi connectivity index (χ2v) is 7.31. The third kappa shape index (κ3) is 2.42. The van der Waals surface area contributed by atoms with Gasteiger partial charge < -0.3 is 9.84 Å². The van der Waals surface area contributed by atoms with Gasteiger partial charge in [-0.15, -0.1) is 0 Å². The summed E-state index contributed by atoms with van der Waals surface area (Å²) >= 11 is 0. The van der Waals surface area contributed by atoms with Gasteiger partial charge >= 0.3 is 0 Å². The molecule has 2 atom stereocenters. The third-order valence-corrected chi connectivity index (χ3v) is 5.45. The third-order valence-electron chi connectivity index (χ3n) is 5.45. The van der Waals surface area contributed by atoms with Gasteiger partial charge in [-0.05, 0) is 61.4 Å². The number of carbonyl (C=O) groups excluding carboxylic acids is 1. The molecule has 2 aromatic carbocycles. The van der Waals surface area contributed by atoms with Crippen molar-refractivity contribution in [1.29, 1.82) is 0 Å². The van der Waals surface area contributed by atoms with Crippen molar-refractivity contribution in [1.82, 2.24) is 0 Å². The maximum Gasteiger partial charge on any atom is 0.195 e. The van der Waals surface area contributed by atoms with Gasteiger partial charge in [-0.25, -0.2) is 0 Å². The van der Waals surface area contributed by atoms with E-state index in [1.165, 1.54) is 0 Å². The summed E-state index contributed by atoms with van der Waals surface area (Å²) in [5.74, 6) is -0.00366. The maximum atomic E-state index is 12.9. The summed E-state index contributed by atoms with van der Waals surface area (Å²) in [6.07, 6.45) is 0.922. The van der Waals surface area contributed by atoms with Crippen LogP contribution >= 0.6 is 0 Å². The fourth-order valence-corrected chi connectivity index (χ4v) is 4.14. The van der Waals surface area contributed by atoms with E-state index in [0.29, 0.717) is 18.4 Å². The fraction of sp³-hybridized carbons (Fsp3) is 0.318. The van der Waals surface area contributed by atoms with E-state index in [1.807, 2.05) is 39.0 Å². The molecule has 2 bridgehead atoms. The summed E-state index contributed by atoms with van der Waals surface area (Å²) < 4.78 is 5.78. The lowest BCUT2D eigenvalue weighted by Crippen LogP contribution is -2.38. The lowest BCUT2D eigenvalue weighted by molar-refractivity contribution is -0.130. The fourth-order valence-electron chi connectivity index (χ4n) is 4.14. The lowest BCUT2D eigenvalue weighted by Gasteiger charge is -2.31. The molecule has 2 heterocycles. The molecular formula is C22H22O3. The van der Waals surface area contributed by atoms with Crippen LogP contribution in [0.3, 0.4) is 0 Å². The number of aliphatic hydroxyl groups excluding tert-OH is 1. The lowest BCUT2D eigenvalue weighted by atomic mass is 9.85. The molecule has 2 aromatic rings. The molecule has 0 unspecified atom stereocenters. The van der Waals surface area contributed by atoms with Crippen molar-refractivity contribution in [3.05, 3.63) is 64.9 Å². The molecule has 25 heavy (non-hydrogen) atoms. The zero-order chi connectivity index (χ0) is 17.8. The van der Waals surface area contributed by atoms with E-state index in [2.05, 4.69) is 24.3 Å². The number of ether oxygens (including phenoxy) is 1. The van der Waals surface area contributed by atoms with Gasteiger partial charge in [0.15, 0.2) is 5.78 Å². The Morgan fingerprint density at radius 1 is 1.08 bits per heavy atom. The number of benzene rings is 2. The van der Waals surface area contributed by atoms with Crippen molar-refractivity contribution in [3.8, 4) is 11.1 Å². The molecule has 1 fully saturated rings. The van der Waals surface area contributed by atoms with Gasteiger partial charge in [-0.2, -0.15) is 0 Å². The normalized spacial score (nSPS) is 25.6. The molecule has 0 saturated carbocycles. The van der Waals surface area contributed by atoms with E-state index >= 15 is 0 Å². The second-order valence-electron chi connectivity index (χ2n) is 7.31. The zero-order valence-corrected chi connectivity index (χ0v) is 14.8. The molecule has 0 amide bonds. The topological polar surface area (TPSA) is 46.5 Å². The molecule has 128 valence electrons. The van der Waals surface area contributed by atoms with Gasteiger partial charge in [-0.1, -0.05) is 42.5 Å². The summed E-state index contributed by atoms with van der Waals surface area (Å²) in [4.78, 5) is 12.9. The van der Waals surface area contributed by atoms with Gasteiger partial charge in [0.05, 0.1) is 5.57 Å². The van der Waals surface area contributed by atoms with Gasteiger partial charge in [0.2, 0.25) is 0 Å². The summed E-state index contributed by atoms with van der Waals surface area (Å²) in [6, 6.07) is 14.4. The maximum absolute atomic E-state index is 12.9. The number of carbonyl (C=O) groups is 1. The van der Waals surface area contributed by atoms with Crippen LogP contribution in [-0.2, 0) is 9.53 Å². The van der Waals surface area contributed by atoms with Crippen molar-refractivity contribution >= 4 is 11.4 Å². The highest BCUT2D eigenvalue weighted by Crippen LogP contribution is 2.46. The summed E-state index contributed by atoms with van der Waals surface area (Å²) in [7, 11) is 0. The van der Waals surface area contributed by atoms with Crippen LogP contribution in [0.15, 0.2) is 48.2 Å². The molecule has 1 N–H and O–H groups in total. The Morgan fingerprint density at radius 3 is 2.36 bits per heavy atom. The van der Waals surface area contributed by atoms with E-state index in [-0.39, 0.29) is 11.5 Å². The number of Topliss-reactive ketones (excluding diaryl/α,β-unsaturated/α-hetero) is 1. The largest absolute Gasteiger partial charge is 0.508 e. The Morgan fingerprint density at radius 2 is 1.72 bits per heavy atom. The van der Waals surface area contributed by atoms with Crippen molar-refractivity contribution < 1.29 is 14.6 Å². The average Bonchev–Trinajstić information content (AvgIpc) is 2.97. The number of aryl methyl sites for hydroxylation is 2. The van der Waals surface area contributed by atoms with Crippen molar-refractivity contribution in [2.45, 2.75) is 45.3 Å². The number of rotatable bonds is 2. The van der Waals surface area contributed by atoms with Crippen LogP contribution in [-0.4, -0.2) is 22.6 Å². The molecule has 4 rings (SSSR count). The highest BCUT2D eigenvalue weighted by molar-refractivity contribution is 6.25.